The Morgan fingerprint density at radius 3 is 2.38 bits per heavy atom. The normalized spacial score (nSPS) is 10.2. The van der Waals surface area contributed by atoms with Gasteiger partial charge in [-0.15, -0.1) is 0 Å². The van der Waals surface area contributed by atoms with Crippen molar-refractivity contribution in [1.82, 2.24) is 5.32 Å². The molecule has 0 atom stereocenters. The number of para-hydroxylation sites is 1. The molecular weight excluding hydrogens is 454 g/mol. The first kappa shape index (κ1) is 20.8. The maximum absolute atomic E-state index is 12.5. The third kappa shape index (κ3) is 6.00. The summed E-state index contributed by atoms with van der Waals surface area (Å²) in [4.78, 5) is 36.8. The topological polar surface area (TPSA) is 87.3 Å². The fraction of sp³-hybridized carbons (Fsp3) is 0.0952. The van der Waals surface area contributed by atoms with Gasteiger partial charge < -0.3 is 16.0 Å². The molecule has 0 bridgehead atoms. The van der Waals surface area contributed by atoms with Crippen molar-refractivity contribution in [3.63, 3.8) is 0 Å². The molecule has 0 fully saturated rings. The van der Waals surface area contributed by atoms with E-state index < -0.39 is 0 Å². The summed E-state index contributed by atoms with van der Waals surface area (Å²) in [5, 5.41) is 11.8. The second-order valence-corrected chi connectivity index (χ2v) is 7.77. The number of nitrogens with one attached hydrogen (secondary N) is 3. The molecule has 1 heterocycles. The molecule has 3 rings (SSSR count). The fourth-order valence-electron chi connectivity index (χ4n) is 2.52. The van der Waals surface area contributed by atoms with E-state index in [9.17, 15) is 14.4 Å². The molecule has 0 saturated heterocycles. The maximum Gasteiger partial charge on any atom is 0.256 e. The van der Waals surface area contributed by atoms with E-state index in [-0.39, 0.29) is 30.7 Å². The molecule has 3 N–H and O–H groups in total. The third-order valence-electron chi connectivity index (χ3n) is 3.97. The highest BCUT2D eigenvalue weighted by molar-refractivity contribution is 9.10. The van der Waals surface area contributed by atoms with Gasteiger partial charge in [-0.05, 0) is 47.8 Å². The van der Waals surface area contributed by atoms with Crippen molar-refractivity contribution in [1.29, 1.82) is 0 Å². The highest BCUT2D eigenvalue weighted by Gasteiger charge is 2.14. The van der Waals surface area contributed by atoms with E-state index in [1.165, 1.54) is 11.3 Å². The third-order valence-corrected chi connectivity index (χ3v) is 5.18. The number of rotatable bonds is 7. The molecule has 0 aliphatic carbocycles. The first-order valence-electron chi connectivity index (χ1n) is 8.79. The minimum Gasteiger partial charge on any atom is -0.351 e. The number of amides is 3. The van der Waals surface area contributed by atoms with Gasteiger partial charge >= 0.3 is 0 Å². The van der Waals surface area contributed by atoms with E-state index in [4.69, 9.17) is 0 Å². The predicted molar refractivity (Wildman–Crippen MR) is 118 cm³/mol. The number of anilines is 2. The Labute approximate surface area is 180 Å². The van der Waals surface area contributed by atoms with Crippen molar-refractivity contribution in [3.8, 4) is 0 Å². The highest BCUT2D eigenvalue weighted by atomic mass is 79.9. The first-order valence-corrected chi connectivity index (χ1v) is 10.5. The smallest absolute Gasteiger partial charge is 0.256 e. The molecule has 0 aliphatic rings. The average molecular weight is 472 g/mol. The number of benzene rings is 2. The number of carbonyl (C=O) groups is 3. The van der Waals surface area contributed by atoms with Crippen LogP contribution in [0.15, 0.2) is 69.8 Å². The van der Waals surface area contributed by atoms with Crippen LogP contribution in [-0.4, -0.2) is 24.3 Å². The molecule has 0 spiro atoms. The second-order valence-electron chi connectivity index (χ2n) is 6.07. The maximum atomic E-state index is 12.5. The lowest BCUT2D eigenvalue weighted by atomic mass is 10.1. The van der Waals surface area contributed by atoms with Crippen LogP contribution >= 0.6 is 27.3 Å². The van der Waals surface area contributed by atoms with Crippen molar-refractivity contribution in [2.45, 2.75) is 6.42 Å². The predicted octanol–water partition coefficient (Wildman–Crippen LogP) is 4.52. The Hall–Kier alpha value is -2.97. The van der Waals surface area contributed by atoms with E-state index >= 15 is 0 Å². The molecule has 6 nitrogen and oxygen atoms in total. The van der Waals surface area contributed by atoms with Crippen LogP contribution in [0, 0.1) is 0 Å². The lowest BCUT2D eigenvalue weighted by Crippen LogP contribution is -2.28. The van der Waals surface area contributed by atoms with Crippen LogP contribution in [0.1, 0.15) is 27.1 Å². The Kier molecular flexibility index (Phi) is 7.15. The van der Waals surface area contributed by atoms with Gasteiger partial charge in [-0.1, -0.05) is 28.1 Å². The van der Waals surface area contributed by atoms with Crippen LogP contribution in [-0.2, 0) is 4.79 Å². The summed E-state index contributed by atoms with van der Waals surface area (Å²) in [5.41, 5.74) is 1.98. The van der Waals surface area contributed by atoms with Gasteiger partial charge in [0.15, 0.2) is 0 Å². The zero-order valence-corrected chi connectivity index (χ0v) is 17.7. The standard InChI is InChI=1S/C21H18BrN3O3S/c22-15-5-7-16(8-6-15)24-19(26)9-11-23-21(28)17-3-1-2-4-18(17)25-20(27)14-10-12-29-13-14/h1-8,10,12-13H,9,11H2,(H,23,28)(H,24,26)(H,25,27). The minimum atomic E-state index is -0.359. The molecule has 1 aromatic heterocycles. The SMILES string of the molecule is O=C(CCNC(=O)c1ccccc1NC(=O)c1ccsc1)Nc1ccc(Br)cc1. The second kappa shape index (κ2) is 9.99. The van der Waals surface area contributed by atoms with Crippen LogP contribution in [0.2, 0.25) is 0 Å². The van der Waals surface area contributed by atoms with Crippen LogP contribution in [0.5, 0.6) is 0 Å². The van der Waals surface area contributed by atoms with Crippen molar-refractivity contribution in [3.05, 3.63) is 81.0 Å². The van der Waals surface area contributed by atoms with Gasteiger partial charge in [-0.2, -0.15) is 11.3 Å². The minimum absolute atomic E-state index is 0.130. The van der Waals surface area contributed by atoms with E-state index in [2.05, 4.69) is 31.9 Å². The number of hydrogen-bond acceptors (Lipinski definition) is 4. The van der Waals surface area contributed by atoms with Crippen molar-refractivity contribution in [2.24, 2.45) is 0 Å². The lowest BCUT2D eigenvalue weighted by Gasteiger charge is -2.11. The number of halogens is 1. The monoisotopic (exact) mass is 471 g/mol. The molecule has 0 radical (unpaired) electrons. The van der Waals surface area contributed by atoms with Gasteiger partial charge in [0.25, 0.3) is 11.8 Å². The van der Waals surface area contributed by atoms with E-state index in [1.807, 2.05) is 17.5 Å². The van der Waals surface area contributed by atoms with Crippen LogP contribution < -0.4 is 16.0 Å². The summed E-state index contributed by atoms with van der Waals surface area (Å²) < 4.78 is 0.924. The summed E-state index contributed by atoms with van der Waals surface area (Å²) in [5.74, 6) is -0.838. The molecule has 148 valence electrons. The van der Waals surface area contributed by atoms with Gasteiger partial charge in [-0.3, -0.25) is 14.4 Å². The number of thiophene rings is 1. The van der Waals surface area contributed by atoms with Gasteiger partial charge in [0.1, 0.15) is 0 Å². The first-order chi connectivity index (χ1) is 14.0. The van der Waals surface area contributed by atoms with Gasteiger partial charge in [0.05, 0.1) is 16.8 Å². The van der Waals surface area contributed by atoms with E-state index in [1.54, 1.807) is 47.8 Å². The molecule has 3 aromatic rings. The van der Waals surface area contributed by atoms with E-state index in [0.29, 0.717) is 22.5 Å². The Bertz CT molecular complexity index is 1000. The Balaban J connectivity index is 1.53. The van der Waals surface area contributed by atoms with E-state index in [0.717, 1.165) is 4.47 Å². The summed E-state index contributed by atoms with van der Waals surface area (Å²) in [7, 11) is 0. The highest BCUT2D eigenvalue weighted by Crippen LogP contribution is 2.17. The van der Waals surface area contributed by atoms with Crippen LogP contribution in [0.4, 0.5) is 11.4 Å². The molecule has 8 heteroatoms. The molecule has 2 aromatic carbocycles. The molecule has 0 saturated carbocycles. The molecular formula is C21H18BrN3O3S. The van der Waals surface area contributed by atoms with Crippen LogP contribution in [0.25, 0.3) is 0 Å². The Morgan fingerprint density at radius 1 is 0.897 bits per heavy atom. The lowest BCUT2D eigenvalue weighted by molar-refractivity contribution is -0.116. The average Bonchev–Trinajstić information content (AvgIpc) is 3.25. The zero-order valence-electron chi connectivity index (χ0n) is 15.3. The molecule has 29 heavy (non-hydrogen) atoms. The zero-order chi connectivity index (χ0) is 20.6. The van der Waals surface area contributed by atoms with Crippen LogP contribution in [0.3, 0.4) is 0 Å². The van der Waals surface area contributed by atoms with Gasteiger partial charge in [0, 0.05) is 28.5 Å². The number of carbonyl (C=O) groups excluding carboxylic acids is 3. The Morgan fingerprint density at radius 2 is 1.66 bits per heavy atom. The number of hydrogen-bond donors (Lipinski definition) is 3. The molecule has 0 unspecified atom stereocenters. The van der Waals surface area contributed by atoms with Gasteiger partial charge in [-0.25, -0.2) is 0 Å². The van der Waals surface area contributed by atoms with Crippen molar-refractivity contribution < 1.29 is 14.4 Å². The summed E-state index contributed by atoms with van der Waals surface area (Å²) in [6, 6.07) is 15.7. The molecule has 0 aliphatic heterocycles. The fourth-order valence-corrected chi connectivity index (χ4v) is 3.42. The quantitative estimate of drug-likeness (QED) is 0.473. The van der Waals surface area contributed by atoms with Crippen molar-refractivity contribution in [2.75, 3.05) is 17.2 Å². The largest absolute Gasteiger partial charge is 0.351 e. The summed E-state index contributed by atoms with van der Waals surface area (Å²) in [6.07, 6.45) is 0.130. The summed E-state index contributed by atoms with van der Waals surface area (Å²) >= 11 is 4.76. The summed E-state index contributed by atoms with van der Waals surface area (Å²) in [6.45, 7) is 0.175. The van der Waals surface area contributed by atoms with Gasteiger partial charge in [0.2, 0.25) is 5.91 Å². The van der Waals surface area contributed by atoms with Crippen molar-refractivity contribution >= 4 is 56.4 Å². The molecule has 3 amide bonds.